The van der Waals surface area contributed by atoms with E-state index in [1.54, 1.807) is 27.8 Å². The van der Waals surface area contributed by atoms with E-state index in [2.05, 4.69) is 5.32 Å². The molecule has 0 fully saturated rings. The van der Waals surface area contributed by atoms with Gasteiger partial charge in [0.25, 0.3) is 0 Å². The van der Waals surface area contributed by atoms with Gasteiger partial charge in [-0.3, -0.25) is 4.90 Å². The fourth-order valence-corrected chi connectivity index (χ4v) is 2.16. The van der Waals surface area contributed by atoms with Crippen molar-refractivity contribution in [3.8, 4) is 0 Å². The normalized spacial score (nSPS) is 12.7. The highest BCUT2D eigenvalue weighted by atomic mass is 16.4. The molecule has 21 heavy (non-hydrogen) atoms. The zero-order valence-electron chi connectivity index (χ0n) is 13.5. The first-order chi connectivity index (χ1) is 9.54. The molecular formula is C16H24N2O3. The monoisotopic (exact) mass is 292 g/mol. The molecule has 0 aliphatic heterocycles. The van der Waals surface area contributed by atoms with Gasteiger partial charge in [-0.2, -0.15) is 0 Å². The summed E-state index contributed by atoms with van der Waals surface area (Å²) in [6.07, 6.45) is 0. The summed E-state index contributed by atoms with van der Waals surface area (Å²) < 4.78 is 0. The predicted octanol–water partition coefficient (Wildman–Crippen LogP) is 2.95. The van der Waals surface area contributed by atoms with E-state index < -0.39 is 23.5 Å². The van der Waals surface area contributed by atoms with Gasteiger partial charge >= 0.3 is 12.0 Å². The van der Waals surface area contributed by atoms with Crippen LogP contribution in [0.3, 0.4) is 0 Å². The number of carbonyl (C=O) groups is 2. The molecule has 0 aliphatic carbocycles. The average molecular weight is 292 g/mol. The fourth-order valence-electron chi connectivity index (χ4n) is 2.16. The highest BCUT2D eigenvalue weighted by molar-refractivity contribution is 5.94. The molecule has 0 aromatic heterocycles. The van der Waals surface area contributed by atoms with Gasteiger partial charge in [0.15, 0.2) is 0 Å². The molecule has 5 heteroatoms. The van der Waals surface area contributed by atoms with Crippen LogP contribution < -0.4 is 10.2 Å². The topological polar surface area (TPSA) is 69.6 Å². The molecule has 0 unspecified atom stereocenters. The lowest BCUT2D eigenvalue weighted by Gasteiger charge is -2.30. The third kappa shape index (κ3) is 4.21. The van der Waals surface area contributed by atoms with Crippen molar-refractivity contribution in [2.75, 3.05) is 11.9 Å². The zero-order valence-corrected chi connectivity index (χ0v) is 13.5. The van der Waals surface area contributed by atoms with Crippen LogP contribution in [0.15, 0.2) is 18.2 Å². The van der Waals surface area contributed by atoms with Crippen molar-refractivity contribution in [2.45, 2.75) is 40.7 Å². The molecular weight excluding hydrogens is 268 g/mol. The summed E-state index contributed by atoms with van der Waals surface area (Å²) in [4.78, 5) is 25.1. The summed E-state index contributed by atoms with van der Waals surface area (Å²) in [5.74, 6) is -1.04. The lowest BCUT2D eigenvalue weighted by molar-refractivity contribution is -0.141. The Bertz CT molecular complexity index is 547. The Morgan fingerprint density at radius 2 is 1.81 bits per heavy atom. The van der Waals surface area contributed by atoms with Crippen LogP contribution in [-0.2, 0) is 4.79 Å². The van der Waals surface area contributed by atoms with Crippen LogP contribution in [0, 0.1) is 19.3 Å². The number of rotatable bonds is 3. The van der Waals surface area contributed by atoms with Crippen LogP contribution in [-0.4, -0.2) is 30.2 Å². The first-order valence-corrected chi connectivity index (χ1v) is 6.88. The number of urea groups is 1. The number of hydrogen-bond donors (Lipinski definition) is 2. The third-order valence-corrected chi connectivity index (χ3v) is 3.40. The first-order valence-electron chi connectivity index (χ1n) is 6.88. The predicted molar refractivity (Wildman–Crippen MR) is 83.7 cm³/mol. The number of aryl methyl sites for hydroxylation is 2. The molecule has 0 heterocycles. The van der Waals surface area contributed by atoms with Crippen molar-refractivity contribution in [1.29, 1.82) is 0 Å². The second kappa shape index (κ2) is 6.16. The van der Waals surface area contributed by atoms with Crippen molar-refractivity contribution in [3.05, 3.63) is 29.3 Å². The van der Waals surface area contributed by atoms with Crippen LogP contribution in [0.1, 0.15) is 31.9 Å². The van der Waals surface area contributed by atoms with Gasteiger partial charge in [-0.15, -0.1) is 0 Å². The number of anilines is 1. The van der Waals surface area contributed by atoms with Gasteiger partial charge in [0.05, 0.1) is 0 Å². The lowest BCUT2D eigenvalue weighted by Crippen LogP contribution is -2.52. The average Bonchev–Trinajstić information content (AvgIpc) is 2.33. The van der Waals surface area contributed by atoms with E-state index in [1.165, 1.54) is 4.90 Å². The largest absolute Gasteiger partial charge is 0.480 e. The molecule has 0 saturated carbocycles. The van der Waals surface area contributed by atoms with Crippen molar-refractivity contribution < 1.29 is 14.7 Å². The second-order valence-electron chi connectivity index (χ2n) is 6.44. The third-order valence-electron chi connectivity index (χ3n) is 3.40. The molecule has 0 aliphatic rings. The number of benzene rings is 1. The molecule has 0 spiro atoms. The van der Waals surface area contributed by atoms with E-state index in [0.717, 1.165) is 16.8 Å². The van der Waals surface area contributed by atoms with E-state index in [9.17, 15) is 14.7 Å². The Balaban J connectivity index is 2.95. The standard InChI is InChI=1S/C16H24N2O3/c1-10-7-8-12(11(2)9-10)18(6)15(21)17-13(14(19)20)16(3,4)5/h7-9,13H,1-6H3,(H,17,21)(H,19,20)/t13-/m0/s1. The lowest BCUT2D eigenvalue weighted by atomic mass is 9.87. The van der Waals surface area contributed by atoms with Crippen molar-refractivity contribution in [2.24, 2.45) is 5.41 Å². The van der Waals surface area contributed by atoms with Gasteiger partial charge in [0.1, 0.15) is 6.04 Å². The molecule has 1 rings (SSSR count). The molecule has 0 saturated heterocycles. The molecule has 1 aromatic rings. The molecule has 116 valence electrons. The minimum atomic E-state index is -1.04. The number of nitrogens with zero attached hydrogens (tertiary/aromatic N) is 1. The highest BCUT2D eigenvalue weighted by Crippen LogP contribution is 2.22. The Kier molecular flexibility index (Phi) is 4.99. The Morgan fingerprint density at radius 1 is 1.24 bits per heavy atom. The van der Waals surface area contributed by atoms with Gasteiger partial charge in [-0.05, 0) is 30.9 Å². The SMILES string of the molecule is Cc1ccc(N(C)C(=O)N[C@@H](C(=O)O)C(C)(C)C)c(C)c1. The molecule has 1 atom stereocenters. The quantitative estimate of drug-likeness (QED) is 0.900. The number of hydrogen-bond acceptors (Lipinski definition) is 2. The number of carbonyl (C=O) groups excluding carboxylic acids is 1. The Labute approximate surface area is 126 Å². The molecule has 1 aromatic carbocycles. The molecule has 2 N–H and O–H groups in total. The van der Waals surface area contributed by atoms with Crippen molar-refractivity contribution in [3.63, 3.8) is 0 Å². The summed E-state index contributed by atoms with van der Waals surface area (Å²) in [6.45, 7) is 9.25. The number of aliphatic carboxylic acids is 1. The minimum Gasteiger partial charge on any atom is -0.480 e. The van der Waals surface area contributed by atoms with Crippen LogP contribution in [0.25, 0.3) is 0 Å². The summed E-state index contributed by atoms with van der Waals surface area (Å²) >= 11 is 0. The maximum Gasteiger partial charge on any atom is 0.326 e. The zero-order chi connectivity index (χ0) is 16.4. The first kappa shape index (κ1) is 17.0. The number of carboxylic acids is 1. The van der Waals surface area contributed by atoms with Crippen LogP contribution in [0.2, 0.25) is 0 Å². The maximum absolute atomic E-state index is 12.3. The molecule has 5 nitrogen and oxygen atoms in total. The molecule has 0 radical (unpaired) electrons. The smallest absolute Gasteiger partial charge is 0.326 e. The van der Waals surface area contributed by atoms with E-state index in [-0.39, 0.29) is 0 Å². The van der Waals surface area contributed by atoms with E-state index in [4.69, 9.17) is 0 Å². The van der Waals surface area contributed by atoms with Gasteiger partial charge in [-0.25, -0.2) is 9.59 Å². The summed E-state index contributed by atoms with van der Waals surface area (Å²) in [6, 6.07) is 4.39. The van der Waals surface area contributed by atoms with Gasteiger partial charge in [-0.1, -0.05) is 38.5 Å². The molecule has 0 bridgehead atoms. The van der Waals surface area contributed by atoms with E-state index in [0.29, 0.717) is 0 Å². The van der Waals surface area contributed by atoms with Crippen LogP contribution >= 0.6 is 0 Å². The summed E-state index contributed by atoms with van der Waals surface area (Å²) in [7, 11) is 1.63. The number of nitrogens with one attached hydrogen (secondary N) is 1. The minimum absolute atomic E-state index is 0.427. The van der Waals surface area contributed by atoms with Crippen LogP contribution in [0.4, 0.5) is 10.5 Å². The van der Waals surface area contributed by atoms with Gasteiger partial charge in [0, 0.05) is 12.7 Å². The van der Waals surface area contributed by atoms with E-state index in [1.807, 2.05) is 32.0 Å². The van der Waals surface area contributed by atoms with Crippen LogP contribution in [0.5, 0.6) is 0 Å². The Hall–Kier alpha value is -2.04. The second-order valence-corrected chi connectivity index (χ2v) is 6.44. The highest BCUT2D eigenvalue weighted by Gasteiger charge is 2.33. The van der Waals surface area contributed by atoms with Crippen molar-refractivity contribution in [1.82, 2.24) is 5.32 Å². The van der Waals surface area contributed by atoms with Gasteiger partial charge < -0.3 is 10.4 Å². The summed E-state index contributed by atoms with van der Waals surface area (Å²) in [5, 5.41) is 11.9. The maximum atomic E-state index is 12.3. The number of amides is 2. The number of carboxylic acid groups (broad SMARTS) is 1. The Morgan fingerprint density at radius 3 is 2.24 bits per heavy atom. The fraction of sp³-hybridized carbons (Fsp3) is 0.500. The van der Waals surface area contributed by atoms with E-state index >= 15 is 0 Å². The molecule has 2 amide bonds. The summed E-state index contributed by atoms with van der Waals surface area (Å²) in [5.41, 5.74) is 2.28. The van der Waals surface area contributed by atoms with Crippen molar-refractivity contribution >= 4 is 17.7 Å². The van der Waals surface area contributed by atoms with Gasteiger partial charge in [0.2, 0.25) is 0 Å².